The second kappa shape index (κ2) is 7.61. The number of carbonyl (C=O) groups excluding carboxylic acids is 2. The average molecular weight is 446 g/mol. The lowest BCUT2D eigenvalue weighted by Gasteiger charge is -2.23. The molecular formula is C23H18N4O4S. The Morgan fingerprint density at radius 3 is 2.78 bits per heavy atom. The zero-order valence-electron chi connectivity index (χ0n) is 17.2. The molecule has 0 aliphatic carbocycles. The number of hydrogen-bond donors (Lipinski definition) is 1. The van der Waals surface area contributed by atoms with E-state index in [-0.39, 0.29) is 11.3 Å². The lowest BCUT2D eigenvalue weighted by Crippen LogP contribution is -2.29. The highest BCUT2D eigenvalue weighted by Crippen LogP contribution is 2.43. The van der Waals surface area contributed by atoms with E-state index in [1.165, 1.54) is 16.2 Å². The van der Waals surface area contributed by atoms with Gasteiger partial charge in [-0.05, 0) is 36.8 Å². The highest BCUT2D eigenvalue weighted by atomic mass is 32.1. The molecule has 1 aromatic carbocycles. The summed E-state index contributed by atoms with van der Waals surface area (Å²) in [5, 5.41) is 13.5. The fourth-order valence-electron chi connectivity index (χ4n) is 4.02. The summed E-state index contributed by atoms with van der Waals surface area (Å²) < 4.78 is 7.04. The standard InChI is InChI=1S/C23H18N4O4S/c1-13-18(26-10-4-3-8-16(26)25-13)20(28)17-19(14-6-5-7-15(12-14)31-2)27(22(30)21(17)29)23-24-9-11-32-23/h3-12,19,28H,1-2H3/b20-17+. The zero-order valence-corrected chi connectivity index (χ0v) is 18.0. The Morgan fingerprint density at radius 2 is 2.03 bits per heavy atom. The van der Waals surface area contributed by atoms with Crippen LogP contribution in [0.4, 0.5) is 5.13 Å². The van der Waals surface area contributed by atoms with Gasteiger partial charge in [-0.25, -0.2) is 9.97 Å². The van der Waals surface area contributed by atoms with Crippen LogP contribution < -0.4 is 9.64 Å². The number of thiazole rings is 1. The Morgan fingerprint density at radius 1 is 1.19 bits per heavy atom. The maximum Gasteiger partial charge on any atom is 0.301 e. The fraction of sp³-hybridized carbons (Fsp3) is 0.130. The summed E-state index contributed by atoms with van der Waals surface area (Å²) in [5.41, 5.74) is 2.13. The number of methoxy groups -OCH3 is 1. The topological polar surface area (TPSA) is 97.0 Å². The van der Waals surface area contributed by atoms with Gasteiger partial charge in [0.25, 0.3) is 5.78 Å². The number of aromatic nitrogens is 3. The summed E-state index contributed by atoms with van der Waals surface area (Å²) in [5.74, 6) is -1.25. The van der Waals surface area contributed by atoms with Crippen LogP contribution in [-0.4, -0.2) is 38.3 Å². The second-order valence-electron chi connectivity index (χ2n) is 7.24. The molecule has 32 heavy (non-hydrogen) atoms. The first-order valence-corrected chi connectivity index (χ1v) is 10.7. The Bertz CT molecular complexity index is 1390. The molecule has 160 valence electrons. The SMILES string of the molecule is COc1cccc(C2/C(=C(\O)c3c(C)nc4ccccn34)C(=O)C(=O)N2c2nccs2)c1. The van der Waals surface area contributed by atoms with E-state index in [4.69, 9.17) is 4.74 Å². The van der Waals surface area contributed by atoms with Crippen LogP contribution in [0.5, 0.6) is 5.75 Å². The van der Waals surface area contributed by atoms with Gasteiger partial charge in [-0.2, -0.15) is 0 Å². The molecule has 1 aliphatic rings. The number of rotatable bonds is 4. The minimum Gasteiger partial charge on any atom is -0.505 e. The van der Waals surface area contributed by atoms with Crippen LogP contribution in [0.15, 0.2) is 65.8 Å². The van der Waals surface area contributed by atoms with Crippen molar-refractivity contribution in [3.8, 4) is 5.75 Å². The number of aliphatic hydroxyl groups is 1. The Labute approximate surface area is 187 Å². The number of nitrogens with zero attached hydrogens (tertiary/aromatic N) is 4. The van der Waals surface area contributed by atoms with Gasteiger partial charge in [-0.3, -0.25) is 18.9 Å². The van der Waals surface area contributed by atoms with Crippen molar-refractivity contribution < 1.29 is 19.4 Å². The third kappa shape index (κ3) is 2.97. The molecule has 9 heteroatoms. The van der Waals surface area contributed by atoms with E-state index in [1.807, 2.05) is 6.07 Å². The lowest BCUT2D eigenvalue weighted by atomic mass is 9.96. The molecule has 4 heterocycles. The van der Waals surface area contributed by atoms with E-state index >= 15 is 0 Å². The van der Waals surface area contributed by atoms with Crippen molar-refractivity contribution in [3.63, 3.8) is 0 Å². The van der Waals surface area contributed by atoms with Crippen molar-refractivity contribution in [2.24, 2.45) is 0 Å². The minimum atomic E-state index is -0.870. The van der Waals surface area contributed by atoms with Crippen LogP contribution in [0.2, 0.25) is 0 Å². The fourth-order valence-corrected chi connectivity index (χ4v) is 4.69. The first kappa shape index (κ1) is 20.0. The van der Waals surface area contributed by atoms with Crippen LogP contribution in [0.1, 0.15) is 23.0 Å². The molecular weight excluding hydrogens is 428 g/mol. The van der Waals surface area contributed by atoms with Crippen molar-refractivity contribution in [2.75, 3.05) is 12.0 Å². The smallest absolute Gasteiger partial charge is 0.301 e. The molecule has 0 spiro atoms. The van der Waals surface area contributed by atoms with E-state index < -0.39 is 17.7 Å². The molecule has 1 unspecified atom stereocenters. The molecule has 1 amide bonds. The van der Waals surface area contributed by atoms with Crippen molar-refractivity contribution in [3.05, 3.63) is 82.8 Å². The van der Waals surface area contributed by atoms with E-state index in [0.717, 1.165) is 0 Å². The van der Waals surface area contributed by atoms with E-state index in [2.05, 4.69) is 9.97 Å². The Balaban J connectivity index is 1.79. The monoisotopic (exact) mass is 446 g/mol. The third-order valence-corrected chi connectivity index (χ3v) is 6.18. The molecule has 3 aromatic heterocycles. The Kier molecular flexibility index (Phi) is 4.75. The first-order chi connectivity index (χ1) is 15.5. The highest BCUT2D eigenvalue weighted by Gasteiger charge is 2.48. The van der Waals surface area contributed by atoms with Gasteiger partial charge in [0.15, 0.2) is 10.9 Å². The second-order valence-corrected chi connectivity index (χ2v) is 8.11. The van der Waals surface area contributed by atoms with Gasteiger partial charge in [0, 0.05) is 17.8 Å². The number of anilines is 1. The number of amides is 1. The summed E-state index contributed by atoms with van der Waals surface area (Å²) in [6, 6.07) is 11.6. The van der Waals surface area contributed by atoms with Gasteiger partial charge < -0.3 is 9.84 Å². The van der Waals surface area contributed by atoms with Gasteiger partial charge in [-0.1, -0.05) is 18.2 Å². The number of ether oxygens (including phenoxy) is 1. The number of ketones is 1. The predicted octanol–water partition coefficient (Wildman–Crippen LogP) is 3.73. The number of fused-ring (bicyclic) bond motifs is 1. The number of benzene rings is 1. The molecule has 5 rings (SSSR count). The van der Waals surface area contributed by atoms with Crippen LogP contribution in [0, 0.1) is 6.92 Å². The maximum atomic E-state index is 13.2. The molecule has 8 nitrogen and oxygen atoms in total. The molecule has 0 saturated carbocycles. The molecule has 1 fully saturated rings. The molecule has 1 aliphatic heterocycles. The maximum absolute atomic E-state index is 13.2. The number of carbonyl (C=O) groups is 2. The lowest BCUT2D eigenvalue weighted by molar-refractivity contribution is -0.132. The summed E-state index contributed by atoms with van der Waals surface area (Å²) in [6.45, 7) is 1.75. The number of imidazole rings is 1. The molecule has 0 bridgehead atoms. The van der Waals surface area contributed by atoms with E-state index in [1.54, 1.807) is 72.6 Å². The normalized spacial score (nSPS) is 17.9. The van der Waals surface area contributed by atoms with Gasteiger partial charge in [0.1, 0.15) is 17.1 Å². The quantitative estimate of drug-likeness (QED) is 0.291. The van der Waals surface area contributed by atoms with Crippen molar-refractivity contribution in [1.82, 2.24) is 14.4 Å². The Hall–Kier alpha value is -3.98. The first-order valence-electron chi connectivity index (χ1n) is 9.79. The van der Waals surface area contributed by atoms with Gasteiger partial charge in [0.2, 0.25) is 0 Å². The molecule has 1 saturated heterocycles. The predicted molar refractivity (Wildman–Crippen MR) is 120 cm³/mol. The summed E-state index contributed by atoms with van der Waals surface area (Å²) >= 11 is 1.24. The van der Waals surface area contributed by atoms with Crippen LogP contribution in [0.25, 0.3) is 11.4 Å². The number of hydrogen-bond acceptors (Lipinski definition) is 7. The summed E-state index contributed by atoms with van der Waals surface area (Å²) in [7, 11) is 1.54. The highest BCUT2D eigenvalue weighted by molar-refractivity contribution is 7.14. The number of pyridine rings is 1. The molecule has 1 atom stereocenters. The summed E-state index contributed by atoms with van der Waals surface area (Å²) in [4.78, 5) is 36.4. The molecule has 1 N–H and O–H groups in total. The van der Waals surface area contributed by atoms with Crippen molar-refractivity contribution >= 4 is 39.6 Å². The average Bonchev–Trinajstić information content (AvgIpc) is 3.50. The number of aryl methyl sites for hydroxylation is 1. The summed E-state index contributed by atoms with van der Waals surface area (Å²) in [6.07, 6.45) is 3.32. The van der Waals surface area contributed by atoms with Crippen molar-refractivity contribution in [2.45, 2.75) is 13.0 Å². The number of Topliss-reactive ketones (excluding diaryl/α,β-unsaturated/α-hetero) is 1. The number of aliphatic hydroxyl groups excluding tert-OH is 1. The molecule has 0 radical (unpaired) electrons. The van der Waals surface area contributed by atoms with E-state index in [9.17, 15) is 14.7 Å². The van der Waals surface area contributed by atoms with E-state index in [0.29, 0.717) is 33.5 Å². The van der Waals surface area contributed by atoms with Gasteiger partial charge in [0.05, 0.1) is 24.4 Å². The van der Waals surface area contributed by atoms with Crippen LogP contribution in [-0.2, 0) is 9.59 Å². The third-order valence-electron chi connectivity index (χ3n) is 5.41. The largest absolute Gasteiger partial charge is 0.505 e. The van der Waals surface area contributed by atoms with Crippen LogP contribution >= 0.6 is 11.3 Å². The minimum absolute atomic E-state index is 0.0211. The van der Waals surface area contributed by atoms with Crippen LogP contribution in [0.3, 0.4) is 0 Å². The van der Waals surface area contributed by atoms with Crippen molar-refractivity contribution in [1.29, 1.82) is 0 Å². The molecule has 4 aromatic rings. The van der Waals surface area contributed by atoms with Gasteiger partial charge >= 0.3 is 5.91 Å². The zero-order chi connectivity index (χ0) is 22.4. The van der Waals surface area contributed by atoms with Gasteiger partial charge in [-0.15, -0.1) is 11.3 Å².